The van der Waals surface area contributed by atoms with Crippen LogP contribution in [0.15, 0.2) is 30.5 Å². The lowest BCUT2D eigenvalue weighted by Gasteiger charge is -2.60. The molecule has 12 heteroatoms. The minimum atomic E-state index is -4.82. The van der Waals surface area contributed by atoms with E-state index >= 15 is 0 Å². The second kappa shape index (κ2) is 10.6. The summed E-state index contributed by atoms with van der Waals surface area (Å²) in [6.07, 6.45) is 0.844. The fraction of sp³-hybridized carbons (Fsp3) is 0.607. The quantitative estimate of drug-likeness (QED) is 0.325. The third-order valence-electron chi connectivity index (χ3n) is 8.09. The van der Waals surface area contributed by atoms with Crippen LogP contribution in [0.4, 0.5) is 34.1 Å². The molecule has 4 saturated carbocycles. The van der Waals surface area contributed by atoms with Crippen LogP contribution in [0.5, 0.6) is 5.75 Å². The van der Waals surface area contributed by atoms with Crippen molar-refractivity contribution in [2.75, 3.05) is 17.2 Å². The molecule has 1 aromatic heterocycles. The molecule has 218 valence electrons. The molecule has 5 atom stereocenters. The van der Waals surface area contributed by atoms with Crippen molar-refractivity contribution in [3.05, 3.63) is 41.8 Å². The Kier molecular flexibility index (Phi) is 7.47. The topological polar surface area (TPSA) is 97.4 Å². The number of ether oxygens (including phenoxy) is 2. The first-order valence-corrected chi connectivity index (χ1v) is 13.6. The number of benzene rings is 1. The average molecular weight is 566 g/mol. The lowest BCUT2D eigenvalue weighted by Crippen LogP contribution is -2.60. The maximum absolute atomic E-state index is 14.7. The molecule has 4 bridgehead atoms. The SMILES string of the molecule is CC(C)(C)OC(=O)N[C@H]1[C@@H]2CC3C[C@H]1C[C@@](CNc1nc(NCc4ccccc4OC(F)(F)F)ncc1F)(C3)C2. The van der Waals surface area contributed by atoms with Gasteiger partial charge >= 0.3 is 12.5 Å². The number of hydrogen-bond acceptors (Lipinski definition) is 7. The van der Waals surface area contributed by atoms with Gasteiger partial charge in [-0.25, -0.2) is 14.2 Å². The van der Waals surface area contributed by atoms with E-state index < -0.39 is 17.8 Å². The molecule has 4 aliphatic rings. The summed E-state index contributed by atoms with van der Waals surface area (Å²) >= 11 is 0. The van der Waals surface area contributed by atoms with Gasteiger partial charge in [0.05, 0.1) is 6.20 Å². The molecule has 6 rings (SSSR count). The standard InChI is InChI=1S/C28H35F4N5O3/c1-26(2,3)40-25(38)36-22-18-8-16-9-19(22)12-27(10-16,11-18)15-35-23-20(29)14-34-24(37-23)33-13-17-6-4-5-7-21(17)39-28(30,31)32/h4-7,14,16,18-19,22H,8-13,15H2,1-3H3,(H,36,38)(H2,33,34,35,37)/t16?,18-,19+,22+,27-. The van der Waals surface area contributed by atoms with Crippen molar-refractivity contribution in [3.8, 4) is 5.75 Å². The number of amides is 1. The number of aromatic nitrogens is 2. The van der Waals surface area contributed by atoms with Gasteiger partial charge in [0, 0.05) is 24.7 Å². The highest BCUT2D eigenvalue weighted by Gasteiger charge is 2.55. The fourth-order valence-electron chi connectivity index (χ4n) is 6.98. The zero-order valence-corrected chi connectivity index (χ0v) is 22.8. The summed E-state index contributed by atoms with van der Waals surface area (Å²) in [5, 5.41) is 9.17. The van der Waals surface area contributed by atoms with E-state index in [0.717, 1.165) is 38.3 Å². The van der Waals surface area contributed by atoms with Gasteiger partial charge in [0.2, 0.25) is 5.95 Å². The summed E-state index contributed by atoms with van der Waals surface area (Å²) < 4.78 is 62.4. The van der Waals surface area contributed by atoms with Gasteiger partial charge < -0.3 is 25.4 Å². The van der Waals surface area contributed by atoms with Gasteiger partial charge in [0.1, 0.15) is 11.4 Å². The molecule has 4 aliphatic carbocycles. The number of alkyl carbamates (subject to hydrolysis) is 1. The average Bonchev–Trinajstić information content (AvgIpc) is 2.83. The lowest BCUT2D eigenvalue weighted by atomic mass is 9.48. The number of anilines is 2. The number of hydrogen-bond donors (Lipinski definition) is 3. The van der Waals surface area contributed by atoms with E-state index in [1.807, 2.05) is 20.8 Å². The van der Waals surface area contributed by atoms with Crippen molar-refractivity contribution in [2.24, 2.45) is 23.2 Å². The van der Waals surface area contributed by atoms with Crippen LogP contribution in [0.2, 0.25) is 0 Å². The van der Waals surface area contributed by atoms with Crippen LogP contribution in [-0.2, 0) is 11.3 Å². The zero-order valence-electron chi connectivity index (χ0n) is 22.8. The molecule has 4 fully saturated rings. The Bertz CT molecular complexity index is 1220. The molecule has 0 spiro atoms. The zero-order chi connectivity index (χ0) is 28.7. The van der Waals surface area contributed by atoms with Gasteiger partial charge in [0.15, 0.2) is 11.6 Å². The summed E-state index contributed by atoms with van der Waals surface area (Å²) in [4.78, 5) is 20.7. The maximum Gasteiger partial charge on any atom is 0.573 e. The highest BCUT2D eigenvalue weighted by Crippen LogP contribution is 2.60. The molecule has 1 amide bonds. The van der Waals surface area contributed by atoms with E-state index in [1.165, 1.54) is 18.2 Å². The van der Waals surface area contributed by atoms with E-state index in [2.05, 4.69) is 30.7 Å². The summed E-state index contributed by atoms with van der Waals surface area (Å²) in [6, 6.07) is 5.84. The number of rotatable bonds is 8. The summed E-state index contributed by atoms with van der Waals surface area (Å²) in [5.74, 6) is 0.431. The van der Waals surface area contributed by atoms with Gasteiger partial charge in [-0.3, -0.25) is 0 Å². The number of carbonyl (C=O) groups excluding carboxylic acids is 1. The fourth-order valence-corrected chi connectivity index (χ4v) is 6.98. The molecule has 0 aliphatic heterocycles. The van der Waals surface area contributed by atoms with E-state index in [9.17, 15) is 22.4 Å². The largest absolute Gasteiger partial charge is 0.573 e. The van der Waals surface area contributed by atoms with Gasteiger partial charge in [-0.05, 0) is 82.1 Å². The molecule has 1 heterocycles. The molecule has 2 aromatic rings. The van der Waals surface area contributed by atoms with Crippen LogP contribution < -0.4 is 20.7 Å². The molecule has 0 saturated heterocycles. The number of carbonyl (C=O) groups is 1. The Morgan fingerprint density at radius 2 is 1.77 bits per heavy atom. The molecule has 8 nitrogen and oxygen atoms in total. The Labute approximate surface area is 230 Å². The predicted molar refractivity (Wildman–Crippen MR) is 140 cm³/mol. The van der Waals surface area contributed by atoms with Gasteiger partial charge in [0.25, 0.3) is 0 Å². The number of nitrogens with one attached hydrogen (secondary N) is 3. The molecule has 40 heavy (non-hydrogen) atoms. The summed E-state index contributed by atoms with van der Waals surface area (Å²) in [6.45, 7) is 6.03. The highest BCUT2D eigenvalue weighted by molar-refractivity contribution is 5.68. The smallest absolute Gasteiger partial charge is 0.444 e. The minimum Gasteiger partial charge on any atom is -0.444 e. The molecule has 0 radical (unpaired) electrons. The third kappa shape index (κ3) is 6.69. The monoisotopic (exact) mass is 565 g/mol. The van der Waals surface area contributed by atoms with E-state index in [1.54, 1.807) is 6.07 Å². The predicted octanol–water partition coefficient (Wildman–Crippen LogP) is 6.26. The van der Waals surface area contributed by atoms with Crippen LogP contribution in [0, 0.1) is 29.0 Å². The van der Waals surface area contributed by atoms with E-state index in [-0.39, 0.29) is 47.2 Å². The first-order valence-electron chi connectivity index (χ1n) is 13.6. The van der Waals surface area contributed by atoms with Crippen LogP contribution in [-0.4, -0.2) is 40.6 Å². The first-order chi connectivity index (χ1) is 18.8. The molecular weight excluding hydrogens is 530 g/mol. The number of nitrogens with zero attached hydrogens (tertiary/aromatic N) is 2. The van der Waals surface area contributed by atoms with Crippen LogP contribution in [0.1, 0.15) is 58.4 Å². The van der Waals surface area contributed by atoms with Crippen LogP contribution in [0.3, 0.4) is 0 Å². The maximum atomic E-state index is 14.7. The number of alkyl halides is 3. The van der Waals surface area contributed by atoms with Crippen molar-refractivity contribution in [1.29, 1.82) is 0 Å². The Balaban J connectivity index is 1.21. The Hall–Kier alpha value is -3.31. The van der Waals surface area contributed by atoms with Crippen molar-refractivity contribution < 1.29 is 31.8 Å². The van der Waals surface area contributed by atoms with Crippen molar-refractivity contribution in [2.45, 2.75) is 77.4 Å². The van der Waals surface area contributed by atoms with Crippen molar-refractivity contribution in [1.82, 2.24) is 15.3 Å². The van der Waals surface area contributed by atoms with Crippen LogP contribution >= 0.6 is 0 Å². The Morgan fingerprint density at radius 3 is 2.45 bits per heavy atom. The second-order valence-corrected chi connectivity index (χ2v) is 12.4. The normalized spacial score (nSPS) is 27.3. The lowest BCUT2D eigenvalue weighted by molar-refractivity contribution is -0.274. The highest BCUT2D eigenvalue weighted by atomic mass is 19.4. The van der Waals surface area contributed by atoms with Crippen LogP contribution in [0.25, 0.3) is 0 Å². The minimum absolute atomic E-state index is 0.0263. The number of para-hydroxylation sites is 1. The van der Waals surface area contributed by atoms with Crippen molar-refractivity contribution >= 4 is 17.9 Å². The van der Waals surface area contributed by atoms with E-state index in [0.29, 0.717) is 24.3 Å². The molecule has 1 aromatic carbocycles. The summed E-state index contributed by atoms with van der Waals surface area (Å²) in [7, 11) is 0. The molecule has 3 N–H and O–H groups in total. The first kappa shape index (κ1) is 28.2. The second-order valence-electron chi connectivity index (χ2n) is 12.4. The van der Waals surface area contributed by atoms with Crippen molar-refractivity contribution in [3.63, 3.8) is 0 Å². The Morgan fingerprint density at radius 1 is 1.07 bits per heavy atom. The van der Waals surface area contributed by atoms with E-state index in [4.69, 9.17) is 4.74 Å². The summed E-state index contributed by atoms with van der Waals surface area (Å²) in [5.41, 5.74) is -0.330. The van der Waals surface area contributed by atoms with Gasteiger partial charge in [-0.15, -0.1) is 13.2 Å². The molecule has 1 unspecified atom stereocenters. The molecular formula is C28H35F4N5O3. The number of halogens is 4. The van der Waals surface area contributed by atoms with Gasteiger partial charge in [-0.1, -0.05) is 18.2 Å². The third-order valence-corrected chi connectivity index (χ3v) is 8.09. The van der Waals surface area contributed by atoms with Gasteiger partial charge in [-0.2, -0.15) is 4.98 Å².